The molecule has 0 aliphatic carbocycles. The van der Waals surface area contributed by atoms with Gasteiger partial charge in [-0.3, -0.25) is 9.55 Å². The molecule has 0 bridgehead atoms. The van der Waals surface area contributed by atoms with Gasteiger partial charge in [-0.1, -0.05) is 115 Å². The second-order valence-corrected chi connectivity index (χ2v) is 12.5. The number of benzene rings is 7. The fourth-order valence-electron chi connectivity index (χ4n) is 7.38. The van der Waals surface area contributed by atoms with Gasteiger partial charge >= 0.3 is 0 Å². The highest BCUT2D eigenvalue weighted by atomic mass is 15.1. The van der Waals surface area contributed by atoms with Crippen molar-refractivity contribution in [2.24, 2.45) is 0 Å². The number of fused-ring (bicyclic) bond motifs is 6. The van der Waals surface area contributed by atoms with Crippen molar-refractivity contribution in [3.8, 4) is 39.5 Å². The fraction of sp³-hybridized carbons (Fsp3) is 0. The molecule has 49 heavy (non-hydrogen) atoms. The lowest BCUT2D eigenvalue weighted by Gasteiger charge is -2.13. The highest BCUT2D eigenvalue weighted by Crippen LogP contribution is 2.42. The zero-order valence-electron chi connectivity index (χ0n) is 26.5. The number of pyridine rings is 1. The third kappa shape index (κ3) is 4.42. The maximum atomic E-state index is 5.39. The molecule has 0 saturated carbocycles. The number of hydrogen-bond acceptors (Lipinski definition) is 3. The molecule has 0 saturated heterocycles. The normalized spacial score (nSPS) is 11.7. The quantitative estimate of drug-likeness (QED) is 0.196. The van der Waals surface area contributed by atoms with Crippen molar-refractivity contribution in [1.82, 2.24) is 19.5 Å². The van der Waals surface area contributed by atoms with E-state index < -0.39 is 0 Å². The molecule has 0 fully saturated rings. The maximum Gasteiger partial charge on any atom is 0.162 e. The van der Waals surface area contributed by atoms with Crippen LogP contribution >= 0.6 is 0 Å². The van der Waals surface area contributed by atoms with Gasteiger partial charge in [0.15, 0.2) is 5.82 Å². The summed E-state index contributed by atoms with van der Waals surface area (Å²) >= 11 is 0. The second kappa shape index (κ2) is 11.0. The molecule has 7 aromatic carbocycles. The van der Waals surface area contributed by atoms with Crippen molar-refractivity contribution in [3.05, 3.63) is 170 Å². The molecule has 0 radical (unpaired) electrons. The van der Waals surface area contributed by atoms with Crippen LogP contribution in [0.1, 0.15) is 0 Å². The third-order valence-corrected chi connectivity index (χ3v) is 9.69. The van der Waals surface area contributed by atoms with E-state index >= 15 is 0 Å². The van der Waals surface area contributed by atoms with E-state index in [9.17, 15) is 0 Å². The van der Waals surface area contributed by atoms with Crippen molar-refractivity contribution in [1.29, 1.82) is 0 Å². The van der Waals surface area contributed by atoms with E-state index in [4.69, 9.17) is 9.97 Å². The molecule has 0 N–H and O–H groups in total. The highest BCUT2D eigenvalue weighted by Gasteiger charge is 2.21. The van der Waals surface area contributed by atoms with E-state index in [1.54, 1.807) is 0 Å². The summed E-state index contributed by atoms with van der Waals surface area (Å²) in [5.74, 6) is 1.56. The van der Waals surface area contributed by atoms with E-state index in [1.807, 2.05) is 30.6 Å². The number of rotatable bonds is 4. The Balaban J connectivity index is 1.28. The first-order chi connectivity index (χ1) is 24.3. The zero-order valence-corrected chi connectivity index (χ0v) is 26.5. The third-order valence-electron chi connectivity index (χ3n) is 9.69. The van der Waals surface area contributed by atoms with Gasteiger partial charge in [-0.15, -0.1) is 0 Å². The Morgan fingerprint density at radius 3 is 1.88 bits per heavy atom. The predicted octanol–water partition coefficient (Wildman–Crippen LogP) is 11.4. The lowest BCUT2D eigenvalue weighted by molar-refractivity contribution is 1.08. The van der Waals surface area contributed by atoms with Gasteiger partial charge in [-0.05, 0) is 86.3 Å². The van der Waals surface area contributed by atoms with E-state index in [0.29, 0.717) is 5.82 Å². The first-order valence-electron chi connectivity index (χ1n) is 16.5. The van der Waals surface area contributed by atoms with Gasteiger partial charge in [0.05, 0.1) is 16.6 Å². The van der Waals surface area contributed by atoms with E-state index in [1.165, 1.54) is 43.4 Å². The molecule has 0 aliphatic rings. The molecule has 228 valence electrons. The Labute approximate surface area is 282 Å². The van der Waals surface area contributed by atoms with Crippen LogP contribution in [-0.2, 0) is 0 Å². The summed E-state index contributed by atoms with van der Waals surface area (Å²) in [6, 6.07) is 56.1. The largest absolute Gasteiger partial charge is 0.293 e. The molecule has 10 aromatic rings. The van der Waals surface area contributed by atoms with Gasteiger partial charge < -0.3 is 0 Å². The fourth-order valence-corrected chi connectivity index (χ4v) is 7.38. The molecular formula is C45H28N4. The second-order valence-electron chi connectivity index (χ2n) is 12.5. The Hall–Kier alpha value is -6.65. The van der Waals surface area contributed by atoms with Crippen LogP contribution in [0.25, 0.3) is 93.7 Å². The van der Waals surface area contributed by atoms with Gasteiger partial charge in [0.1, 0.15) is 5.82 Å². The smallest absolute Gasteiger partial charge is 0.162 e. The summed E-state index contributed by atoms with van der Waals surface area (Å²) in [7, 11) is 0. The van der Waals surface area contributed by atoms with Crippen molar-refractivity contribution in [2.45, 2.75) is 0 Å². The topological polar surface area (TPSA) is 43.6 Å². The van der Waals surface area contributed by atoms with Crippen LogP contribution in [0.15, 0.2) is 170 Å². The number of hydrogen-bond donors (Lipinski definition) is 0. The first-order valence-corrected chi connectivity index (χ1v) is 16.5. The molecule has 0 spiro atoms. The molecular weight excluding hydrogens is 597 g/mol. The molecule has 3 aromatic heterocycles. The van der Waals surface area contributed by atoms with E-state index in [2.05, 4.69) is 149 Å². The monoisotopic (exact) mass is 624 g/mol. The lowest BCUT2D eigenvalue weighted by Crippen LogP contribution is -2.02. The van der Waals surface area contributed by atoms with Crippen LogP contribution in [0.5, 0.6) is 0 Å². The van der Waals surface area contributed by atoms with Gasteiger partial charge in [0.2, 0.25) is 0 Å². The number of aromatic nitrogens is 4. The van der Waals surface area contributed by atoms with Crippen molar-refractivity contribution >= 4 is 54.3 Å². The molecule has 0 aliphatic heterocycles. The molecule has 4 heteroatoms. The molecule has 0 amide bonds. The van der Waals surface area contributed by atoms with Crippen molar-refractivity contribution < 1.29 is 0 Å². The van der Waals surface area contributed by atoms with Crippen molar-refractivity contribution in [3.63, 3.8) is 0 Å². The summed E-state index contributed by atoms with van der Waals surface area (Å²) in [5.41, 5.74) is 8.78. The van der Waals surface area contributed by atoms with Crippen LogP contribution in [0.3, 0.4) is 0 Å². The molecule has 0 atom stereocenters. The summed E-state index contributed by atoms with van der Waals surface area (Å²) < 4.78 is 2.35. The van der Waals surface area contributed by atoms with Crippen LogP contribution in [0, 0.1) is 0 Å². The molecule has 10 rings (SSSR count). The van der Waals surface area contributed by atoms with E-state index in [-0.39, 0.29) is 0 Å². The number of nitrogens with zero attached hydrogens (tertiary/aromatic N) is 4. The van der Waals surface area contributed by atoms with Gasteiger partial charge in [0.25, 0.3) is 0 Å². The summed E-state index contributed by atoms with van der Waals surface area (Å²) in [4.78, 5) is 14.7. The molecule has 3 heterocycles. The summed E-state index contributed by atoms with van der Waals surface area (Å²) in [5, 5.41) is 8.29. The van der Waals surface area contributed by atoms with Gasteiger partial charge in [-0.2, -0.15) is 0 Å². The van der Waals surface area contributed by atoms with Crippen LogP contribution < -0.4 is 0 Å². The maximum absolute atomic E-state index is 5.39. The SMILES string of the molecule is c1ccc2cc3c(cc2c1)c1c(-c2cccc4ccccc24)cccc1n3-c1nc(-c2ccc(-c3ccncc3)cc2)nc2ccccc12. The predicted molar refractivity (Wildman–Crippen MR) is 203 cm³/mol. The standard InChI is InChI=1S/C45H28N4/c1-2-11-34-28-42-39(27-33(34)10-1)43-37(36-15-7-12-31-9-3-4-13-35(31)36)16-8-18-41(43)49(42)45-38-14-5-6-17-40(38)47-44(48-45)32-21-19-29(20-22-32)30-23-25-46-26-24-30/h1-28H. The van der Waals surface area contributed by atoms with Gasteiger partial charge in [-0.25, -0.2) is 9.97 Å². The van der Waals surface area contributed by atoms with Crippen LogP contribution in [0.4, 0.5) is 0 Å². The van der Waals surface area contributed by atoms with Crippen molar-refractivity contribution in [2.75, 3.05) is 0 Å². The Bertz CT molecular complexity index is 2860. The first kappa shape index (κ1) is 27.5. The summed E-state index contributed by atoms with van der Waals surface area (Å²) in [6.07, 6.45) is 3.64. The Morgan fingerprint density at radius 2 is 1.04 bits per heavy atom. The van der Waals surface area contributed by atoms with Crippen LogP contribution in [-0.4, -0.2) is 19.5 Å². The minimum Gasteiger partial charge on any atom is -0.293 e. The number of para-hydroxylation sites is 1. The summed E-state index contributed by atoms with van der Waals surface area (Å²) in [6.45, 7) is 0. The molecule has 4 nitrogen and oxygen atoms in total. The van der Waals surface area contributed by atoms with Gasteiger partial charge in [0, 0.05) is 34.1 Å². The molecule has 0 unspecified atom stereocenters. The highest BCUT2D eigenvalue weighted by molar-refractivity contribution is 6.20. The lowest BCUT2D eigenvalue weighted by atomic mass is 9.94. The zero-order chi connectivity index (χ0) is 32.3. The van der Waals surface area contributed by atoms with E-state index in [0.717, 1.165) is 44.4 Å². The minimum atomic E-state index is 0.691. The average molecular weight is 625 g/mol. The average Bonchev–Trinajstić information content (AvgIpc) is 3.50. The Kier molecular flexibility index (Phi) is 6.15. The van der Waals surface area contributed by atoms with Crippen LogP contribution in [0.2, 0.25) is 0 Å². The Morgan fingerprint density at radius 1 is 0.408 bits per heavy atom. The minimum absolute atomic E-state index is 0.691.